The van der Waals surface area contributed by atoms with Crippen molar-refractivity contribution in [2.75, 3.05) is 36.9 Å². The van der Waals surface area contributed by atoms with Crippen molar-refractivity contribution in [1.82, 2.24) is 9.97 Å². The highest BCUT2D eigenvalue weighted by Crippen LogP contribution is 2.21. The Morgan fingerprint density at radius 3 is 2.43 bits per heavy atom. The number of nitrogens with zero attached hydrogens (tertiary/aromatic N) is 2. The summed E-state index contributed by atoms with van der Waals surface area (Å²) in [5, 5.41) is 6.67. The van der Waals surface area contributed by atoms with Crippen molar-refractivity contribution in [2.24, 2.45) is 5.92 Å². The lowest BCUT2D eigenvalue weighted by Crippen LogP contribution is -2.15. The fraction of sp³-hybridized carbons (Fsp3) is 0.750. The summed E-state index contributed by atoms with van der Waals surface area (Å²) in [6.45, 7) is 11.8. The van der Waals surface area contributed by atoms with Gasteiger partial charge in [-0.15, -0.1) is 0 Å². The van der Waals surface area contributed by atoms with Crippen LogP contribution in [-0.2, 0) is 11.2 Å². The quantitative estimate of drug-likeness (QED) is 0.613. The van der Waals surface area contributed by atoms with E-state index in [4.69, 9.17) is 4.74 Å². The number of rotatable bonds is 11. The normalized spacial score (nSPS) is 10.9. The second kappa shape index (κ2) is 10.4. The zero-order chi connectivity index (χ0) is 15.5. The smallest absolute Gasteiger partial charge is 0.134 e. The van der Waals surface area contributed by atoms with E-state index in [1.807, 2.05) is 0 Å². The molecule has 1 aromatic heterocycles. The molecule has 0 unspecified atom stereocenters. The molecule has 0 amide bonds. The van der Waals surface area contributed by atoms with Crippen LogP contribution in [0, 0.1) is 5.92 Å². The summed E-state index contributed by atoms with van der Waals surface area (Å²) in [5.74, 6) is 2.56. The minimum atomic E-state index is 0.693. The van der Waals surface area contributed by atoms with E-state index < -0.39 is 0 Å². The molecule has 1 aromatic rings. The highest BCUT2D eigenvalue weighted by molar-refractivity contribution is 5.57. The fourth-order valence-electron chi connectivity index (χ4n) is 2.03. The number of aromatic nitrogens is 2. The molecule has 0 saturated heterocycles. The van der Waals surface area contributed by atoms with Crippen LogP contribution in [0.25, 0.3) is 0 Å². The molecule has 5 nitrogen and oxygen atoms in total. The zero-order valence-electron chi connectivity index (χ0n) is 13.9. The number of anilines is 2. The van der Waals surface area contributed by atoms with E-state index in [-0.39, 0.29) is 0 Å². The Hall–Kier alpha value is -1.36. The molecule has 1 heterocycles. The first-order valence-corrected chi connectivity index (χ1v) is 8.08. The molecule has 0 atom stereocenters. The SMILES string of the molecule is CCCc1c(NCC)ncnc1NCCOCCC(C)C. The van der Waals surface area contributed by atoms with Gasteiger partial charge in [-0.1, -0.05) is 27.2 Å². The lowest BCUT2D eigenvalue weighted by Gasteiger charge is -2.14. The highest BCUT2D eigenvalue weighted by Gasteiger charge is 2.09. The Morgan fingerprint density at radius 1 is 1.10 bits per heavy atom. The molecule has 0 bridgehead atoms. The van der Waals surface area contributed by atoms with Crippen molar-refractivity contribution in [1.29, 1.82) is 0 Å². The van der Waals surface area contributed by atoms with Gasteiger partial charge in [0.25, 0.3) is 0 Å². The summed E-state index contributed by atoms with van der Waals surface area (Å²) in [6, 6.07) is 0. The summed E-state index contributed by atoms with van der Waals surface area (Å²) in [4.78, 5) is 8.70. The van der Waals surface area contributed by atoms with Crippen molar-refractivity contribution in [3.05, 3.63) is 11.9 Å². The minimum Gasteiger partial charge on any atom is -0.380 e. The Kier molecular flexibility index (Phi) is 8.74. The van der Waals surface area contributed by atoms with E-state index in [0.29, 0.717) is 12.5 Å². The monoisotopic (exact) mass is 294 g/mol. The van der Waals surface area contributed by atoms with Crippen molar-refractivity contribution >= 4 is 11.6 Å². The van der Waals surface area contributed by atoms with Gasteiger partial charge in [0.2, 0.25) is 0 Å². The third kappa shape index (κ3) is 6.76. The first kappa shape index (κ1) is 17.7. The van der Waals surface area contributed by atoms with Crippen LogP contribution < -0.4 is 10.6 Å². The summed E-state index contributed by atoms with van der Waals surface area (Å²) < 4.78 is 5.62. The molecule has 0 spiro atoms. The highest BCUT2D eigenvalue weighted by atomic mass is 16.5. The summed E-state index contributed by atoms with van der Waals surface area (Å²) in [5.41, 5.74) is 1.17. The second-order valence-electron chi connectivity index (χ2n) is 5.55. The van der Waals surface area contributed by atoms with E-state index in [1.165, 1.54) is 5.56 Å². The molecule has 0 radical (unpaired) electrons. The molecule has 0 aliphatic carbocycles. The van der Waals surface area contributed by atoms with Crippen molar-refractivity contribution in [3.63, 3.8) is 0 Å². The van der Waals surface area contributed by atoms with Gasteiger partial charge in [0.05, 0.1) is 6.61 Å². The molecule has 120 valence electrons. The standard InChI is InChI=1S/C16H30N4O/c1-5-7-14-15(17-6-2)19-12-20-16(14)18-9-11-21-10-8-13(3)4/h12-13H,5-11H2,1-4H3,(H2,17,18,19,20). The zero-order valence-corrected chi connectivity index (χ0v) is 13.9. The van der Waals surface area contributed by atoms with Crippen LogP contribution in [0.15, 0.2) is 6.33 Å². The van der Waals surface area contributed by atoms with E-state index in [9.17, 15) is 0 Å². The average molecular weight is 294 g/mol. The van der Waals surface area contributed by atoms with Crippen LogP contribution in [0.1, 0.15) is 46.1 Å². The summed E-state index contributed by atoms with van der Waals surface area (Å²) >= 11 is 0. The molecule has 1 rings (SSSR count). The van der Waals surface area contributed by atoms with Crippen molar-refractivity contribution < 1.29 is 4.74 Å². The maximum absolute atomic E-state index is 5.62. The van der Waals surface area contributed by atoms with Crippen LogP contribution in [0.3, 0.4) is 0 Å². The Morgan fingerprint density at radius 2 is 1.81 bits per heavy atom. The predicted molar refractivity (Wildman–Crippen MR) is 89.0 cm³/mol. The minimum absolute atomic E-state index is 0.693. The van der Waals surface area contributed by atoms with E-state index in [0.717, 1.165) is 50.6 Å². The van der Waals surface area contributed by atoms with Gasteiger partial charge in [0.1, 0.15) is 18.0 Å². The Balaban J connectivity index is 2.47. The lowest BCUT2D eigenvalue weighted by molar-refractivity contribution is 0.132. The van der Waals surface area contributed by atoms with Gasteiger partial charge in [0.15, 0.2) is 0 Å². The average Bonchev–Trinajstić information content (AvgIpc) is 2.45. The van der Waals surface area contributed by atoms with Gasteiger partial charge in [-0.05, 0) is 25.7 Å². The van der Waals surface area contributed by atoms with Crippen molar-refractivity contribution in [2.45, 2.75) is 47.0 Å². The maximum atomic E-state index is 5.62. The van der Waals surface area contributed by atoms with Crippen LogP contribution in [0.4, 0.5) is 11.6 Å². The molecule has 21 heavy (non-hydrogen) atoms. The predicted octanol–water partition coefficient (Wildman–Crippen LogP) is 3.34. The van der Waals surface area contributed by atoms with Crippen LogP contribution >= 0.6 is 0 Å². The second-order valence-corrected chi connectivity index (χ2v) is 5.55. The summed E-state index contributed by atoms with van der Waals surface area (Å²) in [6.07, 6.45) is 4.77. The van der Waals surface area contributed by atoms with Gasteiger partial charge < -0.3 is 15.4 Å². The lowest BCUT2D eigenvalue weighted by atomic mass is 10.1. The largest absolute Gasteiger partial charge is 0.380 e. The van der Waals surface area contributed by atoms with Gasteiger partial charge in [0, 0.05) is 25.3 Å². The first-order chi connectivity index (χ1) is 10.2. The van der Waals surface area contributed by atoms with E-state index in [2.05, 4.69) is 48.3 Å². The number of nitrogens with one attached hydrogen (secondary N) is 2. The topological polar surface area (TPSA) is 59.1 Å². The van der Waals surface area contributed by atoms with Crippen LogP contribution in [0.2, 0.25) is 0 Å². The molecular weight excluding hydrogens is 264 g/mol. The molecule has 0 aliphatic rings. The Labute approximate surface area is 128 Å². The maximum Gasteiger partial charge on any atom is 0.134 e. The van der Waals surface area contributed by atoms with E-state index in [1.54, 1.807) is 6.33 Å². The number of hydrogen-bond donors (Lipinski definition) is 2. The summed E-state index contributed by atoms with van der Waals surface area (Å²) in [7, 11) is 0. The van der Waals surface area contributed by atoms with Crippen molar-refractivity contribution in [3.8, 4) is 0 Å². The molecule has 0 aliphatic heterocycles. The molecular formula is C16H30N4O. The Bertz CT molecular complexity index is 396. The molecule has 5 heteroatoms. The third-order valence-electron chi connectivity index (χ3n) is 3.17. The van der Waals surface area contributed by atoms with Gasteiger partial charge >= 0.3 is 0 Å². The number of ether oxygens (including phenoxy) is 1. The molecule has 0 aromatic carbocycles. The molecule has 0 saturated carbocycles. The van der Waals surface area contributed by atoms with E-state index >= 15 is 0 Å². The first-order valence-electron chi connectivity index (χ1n) is 8.08. The third-order valence-corrected chi connectivity index (χ3v) is 3.17. The molecule has 2 N–H and O–H groups in total. The van der Waals surface area contributed by atoms with Gasteiger partial charge in [-0.3, -0.25) is 0 Å². The van der Waals surface area contributed by atoms with Gasteiger partial charge in [-0.25, -0.2) is 9.97 Å². The van der Waals surface area contributed by atoms with Crippen LogP contribution in [-0.4, -0.2) is 36.3 Å². The van der Waals surface area contributed by atoms with Gasteiger partial charge in [-0.2, -0.15) is 0 Å². The van der Waals surface area contributed by atoms with Crippen LogP contribution in [0.5, 0.6) is 0 Å². The molecule has 0 fully saturated rings. The fourth-order valence-corrected chi connectivity index (χ4v) is 2.03. The number of hydrogen-bond acceptors (Lipinski definition) is 5.